The topological polar surface area (TPSA) is 255 Å². The summed E-state index contributed by atoms with van der Waals surface area (Å²) in [5.74, 6) is 14.6. The fourth-order valence-electron chi connectivity index (χ4n) is 17.2. The number of phenols is 3. The summed E-state index contributed by atoms with van der Waals surface area (Å²) in [7, 11) is 0. The maximum absolute atomic E-state index is 13.6. The molecule has 3 aromatic heterocycles. The number of benzene rings is 2. The normalized spacial score (nSPS) is 33.4. The Morgan fingerprint density at radius 3 is 2.69 bits per heavy atom. The third-order valence-corrected chi connectivity index (χ3v) is 21.4. The molecule has 4 saturated carbocycles. The van der Waals surface area contributed by atoms with Gasteiger partial charge in [-0.3, -0.25) is 20.1 Å². The summed E-state index contributed by atoms with van der Waals surface area (Å²) in [6, 6.07) is 14.7. The number of nitrogens with two attached hydrogens (primary N) is 1. The van der Waals surface area contributed by atoms with Crippen LogP contribution in [-0.4, -0.2) is 103 Å². The minimum atomic E-state index is -1.06. The summed E-state index contributed by atoms with van der Waals surface area (Å²) in [6.45, 7) is 2.93. The molecule has 2 aromatic carbocycles. The fraction of sp³-hybridized carbons (Fsp3) is 0.529. The molecule has 0 amide bonds. The van der Waals surface area contributed by atoms with Crippen molar-refractivity contribution in [3.05, 3.63) is 120 Å². The van der Waals surface area contributed by atoms with Gasteiger partial charge >= 0.3 is 5.97 Å². The van der Waals surface area contributed by atoms with Crippen molar-refractivity contribution in [1.82, 2.24) is 35.8 Å². The van der Waals surface area contributed by atoms with Gasteiger partial charge in [-0.1, -0.05) is 61.7 Å². The number of guanidine groups is 1. The number of ether oxygens (including phenoxy) is 4. The van der Waals surface area contributed by atoms with Crippen LogP contribution in [0.2, 0.25) is 0 Å². The number of H-pyrrole nitrogens is 1. The Kier molecular flexibility index (Phi) is 15.8. The van der Waals surface area contributed by atoms with E-state index in [-0.39, 0.29) is 58.8 Å². The number of aliphatic hydroxyl groups is 1. The second kappa shape index (κ2) is 24.0. The molecule has 14 atom stereocenters. The zero-order valence-corrected chi connectivity index (χ0v) is 50.2. The number of dihydropyridines is 1. The van der Waals surface area contributed by atoms with Crippen molar-refractivity contribution < 1.29 is 44.2 Å². The van der Waals surface area contributed by atoms with E-state index in [0.717, 1.165) is 86.2 Å². The molecule has 1 spiro atoms. The molecular weight excluding hydrogens is 1110 g/mol. The van der Waals surface area contributed by atoms with E-state index in [2.05, 4.69) is 90.1 Å². The van der Waals surface area contributed by atoms with Crippen LogP contribution in [0.4, 0.5) is 0 Å². The number of hydrogen-bond acceptors (Lipinski definition) is 14. The van der Waals surface area contributed by atoms with Crippen LogP contribution in [0, 0.1) is 64.1 Å². The molecule has 6 fully saturated rings. The molecule has 14 rings (SSSR count). The first kappa shape index (κ1) is 57.9. The lowest BCUT2D eigenvalue weighted by Crippen LogP contribution is -2.75. The van der Waals surface area contributed by atoms with Gasteiger partial charge in [-0.25, -0.2) is 0 Å². The molecule has 88 heavy (non-hydrogen) atoms. The maximum Gasteiger partial charge on any atom is 0.302 e. The Morgan fingerprint density at radius 1 is 0.966 bits per heavy atom. The van der Waals surface area contributed by atoms with Crippen LogP contribution in [0.5, 0.6) is 28.7 Å². The number of fused-ring (bicyclic) bond motifs is 5. The highest BCUT2D eigenvalue weighted by molar-refractivity contribution is 5.83. The third kappa shape index (κ3) is 11.2. The van der Waals surface area contributed by atoms with Crippen molar-refractivity contribution in [2.24, 2.45) is 51.1 Å². The number of nitrogens with zero attached hydrogens (tertiary/aromatic N) is 3. The van der Waals surface area contributed by atoms with Crippen molar-refractivity contribution in [2.45, 2.75) is 171 Å². The van der Waals surface area contributed by atoms with E-state index in [4.69, 9.17) is 29.7 Å². The molecule has 8 heterocycles. The number of aromatic nitrogens is 3. The summed E-state index contributed by atoms with van der Waals surface area (Å²) in [5.41, 5.74) is 9.08. The van der Waals surface area contributed by atoms with Gasteiger partial charge in [0, 0.05) is 105 Å². The van der Waals surface area contributed by atoms with Crippen molar-refractivity contribution in [3.63, 3.8) is 0 Å². The van der Waals surface area contributed by atoms with Gasteiger partial charge in [-0.2, -0.15) is 0 Å². The number of carbonyl (C=O) groups is 1. The van der Waals surface area contributed by atoms with Gasteiger partial charge in [0.1, 0.15) is 24.6 Å². The number of aromatic hydroxyl groups is 3. The lowest BCUT2D eigenvalue weighted by Gasteiger charge is -2.57. The molecule has 5 aromatic rings. The van der Waals surface area contributed by atoms with Gasteiger partial charge < -0.3 is 70.6 Å². The summed E-state index contributed by atoms with van der Waals surface area (Å²) in [6.07, 6.45) is 23.8. The minimum absolute atomic E-state index is 0.0131. The second-order valence-corrected chi connectivity index (χ2v) is 26.8. The fourth-order valence-corrected chi connectivity index (χ4v) is 17.2. The number of pyridine rings is 1. The molecular formula is C70H83N9O9. The number of aliphatic imine (C=N–C) groups is 1. The number of aliphatic hydroxyl groups excluding tert-OH is 1. The maximum atomic E-state index is 13.6. The molecule has 0 radical (unpaired) electrons. The molecule has 4 bridgehead atoms. The Labute approximate surface area is 514 Å². The van der Waals surface area contributed by atoms with Gasteiger partial charge in [0.05, 0.1) is 47.5 Å². The molecule has 14 unspecified atom stereocenters. The number of allylic oxidation sites excluding steroid dienone is 2. The summed E-state index contributed by atoms with van der Waals surface area (Å²) >= 11 is 0. The van der Waals surface area contributed by atoms with E-state index in [1.54, 1.807) is 24.5 Å². The summed E-state index contributed by atoms with van der Waals surface area (Å²) in [4.78, 5) is 26.7. The zero-order valence-electron chi connectivity index (χ0n) is 50.2. The molecule has 18 nitrogen and oxygen atoms in total. The second-order valence-electron chi connectivity index (χ2n) is 26.8. The van der Waals surface area contributed by atoms with E-state index >= 15 is 0 Å². The van der Waals surface area contributed by atoms with Gasteiger partial charge in [-0.15, -0.1) is 5.92 Å². The van der Waals surface area contributed by atoms with Crippen LogP contribution in [0.3, 0.4) is 0 Å². The van der Waals surface area contributed by atoms with Gasteiger partial charge in [0.25, 0.3) is 0 Å². The highest BCUT2D eigenvalue weighted by atomic mass is 16.6. The molecule has 462 valence electrons. The van der Waals surface area contributed by atoms with Crippen LogP contribution >= 0.6 is 0 Å². The first-order chi connectivity index (χ1) is 42.8. The number of phenolic OH excluding ortho intramolecular Hbond substituents is 3. The van der Waals surface area contributed by atoms with E-state index < -0.39 is 65.6 Å². The van der Waals surface area contributed by atoms with Crippen molar-refractivity contribution in [3.8, 4) is 52.4 Å². The number of esters is 1. The molecule has 4 aliphatic carbocycles. The Hall–Kier alpha value is -7.77. The number of carbonyl (C=O) groups excluding carboxylic acids is 1. The minimum Gasteiger partial charge on any atom is -0.504 e. The van der Waals surface area contributed by atoms with Crippen LogP contribution < -0.4 is 36.5 Å². The first-order valence-electron chi connectivity index (χ1n) is 32.3. The van der Waals surface area contributed by atoms with Crippen LogP contribution in [0.1, 0.15) is 139 Å². The van der Waals surface area contributed by atoms with Gasteiger partial charge in [-0.05, 0) is 141 Å². The highest BCUT2D eigenvalue weighted by Gasteiger charge is 2.61. The quantitative estimate of drug-likeness (QED) is 0.0337. The molecule has 9 aliphatic rings. The van der Waals surface area contributed by atoms with Crippen molar-refractivity contribution in [2.75, 3.05) is 19.7 Å². The first-order valence-corrected chi connectivity index (χ1v) is 32.3. The smallest absolute Gasteiger partial charge is 0.302 e. The Morgan fingerprint density at radius 2 is 1.85 bits per heavy atom. The molecule has 5 aliphatic heterocycles. The molecule has 18 heteroatoms. The third-order valence-electron chi connectivity index (χ3n) is 21.4. The lowest BCUT2D eigenvalue weighted by atomic mass is 9.55. The van der Waals surface area contributed by atoms with E-state index in [0.29, 0.717) is 87.5 Å². The average Bonchev–Trinajstić information content (AvgIpc) is 0.890. The number of aromatic amines is 1. The van der Waals surface area contributed by atoms with Gasteiger partial charge in [0.15, 0.2) is 29.0 Å². The van der Waals surface area contributed by atoms with E-state index in [1.165, 1.54) is 18.6 Å². The van der Waals surface area contributed by atoms with E-state index in [1.807, 2.05) is 30.5 Å². The average molecular weight is 1190 g/mol. The SMILES string of the molecule is CC(=O)OC1CC(c2cc(O)c(O)c(OCCc3cccnc3)c2)OC2C1CCC1C#CC3C4CCCC35NC(=NCC3(CC6=CCNC(N)=C6)CCCC3)NC(n3cc6cc[nH]c6c3)C5C(O)NC3CCCCC3C#CCC12Cc1ccc(O)c(c1)O4. The monoisotopic (exact) mass is 1190 g/mol. The highest BCUT2D eigenvalue weighted by Crippen LogP contribution is 2.58. The Bertz CT molecular complexity index is 3610. The van der Waals surface area contributed by atoms with E-state index in [9.17, 15) is 25.2 Å². The summed E-state index contributed by atoms with van der Waals surface area (Å²) < 4.78 is 29.8. The van der Waals surface area contributed by atoms with Crippen LogP contribution in [-0.2, 0) is 27.1 Å². The number of nitrogens with one attached hydrogen (secondary N) is 5. The lowest BCUT2D eigenvalue weighted by molar-refractivity contribution is -0.219. The number of rotatable bonds is 11. The molecule has 2 saturated heterocycles. The van der Waals surface area contributed by atoms with Crippen molar-refractivity contribution >= 4 is 22.8 Å². The van der Waals surface area contributed by atoms with Crippen LogP contribution in [0.25, 0.3) is 10.9 Å². The van der Waals surface area contributed by atoms with Gasteiger partial charge in [0.2, 0.25) is 5.75 Å². The molecule has 11 N–H and O–H groups in total. The summed E-state index contributed by atoms with van der Waals surface area (Å²) in [5, 5.41) is 64.5. The van der Waals surface area contributed by atoms with Crippen molar-refractivity contribution in [1.29, 1.82) is 0 Å². The largest absolute Gasteiger partial charge is 0.504 e. The zero-order chi connectivity index (χ0) is 60.2. The predicted octanol–water partition coefficient (Wildman–Crippen LogP) is 8.94. The van der Waals surface area contributed by atoms with Crippen LogP contribution in [0.15, 0.2) is 108 Å². The standard InChI is InChI=1S/C70H83N9O9/c1-42(80)86-58-35-57(48-33-55(82)63(83)60(34-48)85-30-22-43-9-8-27-72-38-43)88-64-50(58)17-15-49-16-18-51-56-13-7-26-70(51)62(66(84)76-52-12-3-2-10-46(52)11-6-25-69(49,64)37-44-14-19-54(81)59(31-44)87-56)65(79-39-47-21-29-73-53(47)40-79)77-67(78-70)75-41-68(23-4-5-24-68)36-45-20-28-74-61(71)32-45/h8-9,14,19-21,27,29,31-34,38-40,46,49-52,56-58,62,64-66,73-74,76,81-84H,2-5,7,10,12-13,15,17,22-26,28,30,35-37,41,71H2,1H3,(H2,75,77,78). The number of hydrogen-bond donors (Lipinski definition) is 10. The predicted molar refractivity (Wildman–Crippen MR) is 332 cm³/mol. The Balaban J connectivity index is 0.924.